The predicted octanol–water partition coefficient (Wildman–Crippen LogP) is 2.31. The molecule has 2 N–H and O–H groups in total. The standard InChI is InChI=1S/C6H3F4IN2O/c7-3-2(14-6(8,9)10)1-13-5(11)4(3)12/h1H,12H2. The van der Waals surface area contributed by atoms with E-state index < -0.39 is 23.6 Å². The smallest absolute Gasteiger partial charge is 0.401 e. The number of nitrogens with two attached hydrogens (primary N) is 1. The van der Waals surface area contributed by atoms with Crippen LogP contribution in [0.15, 0.2) is 6.20 Å². The van der Waals surface area contributed by atoms with E-state index in [1.807, 2.05) is 0 Å². The van der Waals surface area contributed by atoms with Crippen LogP contribution in [0.3, 0.4) is 0 Å². The van der Waals surface area contributed by atoms with Crippen molar-refractivity contribution in [3.8, 4) is 5.75 Å². The Labute approximate surface area is 89.4 Å². The Morgan fingerprint density at radius 1 is 1.43 bits per heavy atom. The van der Waals surface area contributed by atoms with Crippen LogP contribution < -0.4 is 10.5 Å². The Morgan fingerprint density at radius 3 is 2.50 bits per heavy atom. The van der Waals surface area contributed by atoms with Gasteiger partial charge in [-0.05, 0) is 22.6 Å². The zero-order chi connectivity index (χ0) is 10.9. The van der Waals surface area contributed by atoms with Gasteiger partial charge in [-0.3, -0.25) is 0 Å². The molecule has 3 nitrogen and oxygen atoms in total. The van der Waals surface area contributed by atoms with E-state index in [4.69, 9.17) is 5.73 Å². The molecular formula is C6H3F4IN2O. The topological polar surface area (TPSA) is 48.1 Å². The van der Waals surface area contributed by atoms with Gasteiger partial charge in [0.05, 0.1) is 6.20 Å². The van der Waals surface area contributed by atoms with Crippen LogP contribution in [0.2, 0.25) is 0 Å². The van der Waals surface area contributed by atoms with Crippen molar-refractivity contribution < 1.29 is 22.3 Å². The molecule has 0 saturated carbocycles. The van der Waals surface area contributed by atoms with E-state index >= 15 is 0 Å². The summed E-state index contributed by atoms with van der Waals surface area (Å²) in [5, 5.41) is 0. The summed E-state index contributed by atoms with van der Waals surface area (Å²) < 4.78 is 51.5. The van der Waals surface area contributed by atoms with E-state index in [1.165, 1.54) is 0 Å². The zero-order valence-corrected chi connectivity index (χ0v) is 8.56. The lowest BCUT2D eigenvalue weighted by molar-refractivity contribution is -0.275. The van der Waals surface area contributed by atoms with Crippen molar-refractivity contribution in [2.45, 2.75) is 6.36 Å². The number of anilines is 1. The molecule has 1 aromatic rings. The molecule has 0 aromatic carbocycles. The fourth-order valence-corrected chi connectivity index (χ4v) is 1.04. The largest absolute Gasteiger partial charge is 0.573 e. The molecule has 0 unspecified atom stereocenters. The lowest BCUT2D eigenvalue weighted by Gasteiger charge is -2.10. The van der Waals surface area contributed by atoms with Crippen LogP contribution >= 0.6 is 22.6 Å². The summed E-state index contributed by atoms with van der Waals surface area (Å²) in [5.41, 5.74) is 4.64. The summed E-state index contributed by atoms with van der Waals surface area (Å²) in [6.07, 6.45) is -4.33. The highest BCUT2D eigenvalue weighted by Gasteiger charge is 2.33. The number of hydrogen-bond donors (Lipinski definition) is 1. The van der Waals surface area contributed by atoms with Crippen LogP contribution in [-0.4, -0.2) is 11.3 Å². The average Bonchev–Trinajstić information content (AvgIpc) is 2.04. The van der Waals surface area contributed by atoms with E-state index in [1.54, 1.807) is 22.6 Å². The van der Waals surface area contributed by atoms with Crippen LogP contribution in [0, 0.1) is 9.52 Å². The van der Waals surface area contributed by atoms with Gasteiger partial charge in [-0.15, -0.1) is 13.2 Å². The molecule has 14 heavy (non-hydrogen) atoms. The summed E-state index contributed by atoms with van der Waals surface area (Å²) in [6.45, 7) is 0. The number of halogens is 5. The molecule has 0 aliphatic rings. The molecule has 0 fully saturated rings. The highest BCUT2D eigenvalue weighted by molar-refractivity contribution is 14.1. The third-order valence-corrected chi connectivity index (χ3v) is 2.06. The second-order valence-electron chi connectivity index (χ2n) is 2.19. The zero-order valence-electron chi connectivity index (χ0n) is 6.40. The van der Waals surface area contributed by atoms with Crippen molar-refractivity contribution in [2.75, 3.05) is 5.73 Å². The molecule has 8 heteroatoms. The summed E-state index contributed by atoms with van der Waals surface area (Å²) in [4.78, 5) is 3.42. The second kappa shape index (κ2) is 3.75. The SMILES string of the molecule is Nc1c(I)ncc(OC(F)(F)F)c1F. The Kier molecular flexibility index (Phi) is 3.02. The van der Waals surface area contributed by atoms with Gasteiger partial charge in [-0.1, -0.05) is 0 Å². The van der Waals surface area contributed by atoms with E-state index in [2.05, 4.69) is 9.72 Å². The predicted molar refractivity (Wildman–Crippen MR) is 48.0 cm³/mol. The van der Waals surface area contributed by atoms with Crippen LogP contribution in [0.4, 0.5) is 23.2 Å². The molecule has 1 rings (SSSR count). The summed E-state index contributed by atoms with van der Waals surface area (Å²) >= 11 is 1.59. The van der Waals surface area contributed by atoms with Gasteiger partial charge in [-0.25, -0.2) is 9.37 Å². The first-order valence-corrected chi connectivity index (χ1v) is 4.24. The average molecular weight is 322 g/mol. The van der Waals surface area contributed by atoms with Gasteiger partial charge >= 0.3 is 6.36 Å². The Hall–Kier alpha value is -0.800. The molecule has 1 aromatic heterocycles. The molecule has 0 bridgehead atoms. The van der Waals surface area contributed by atoms with Gasteiger partial charge in [0.2, 0.25) is 0 Å². The maximum absolute atomic E-state index is 13.0. The highest BCUT2D eigenvalue weighted by Crippen LogP contribution is 2.29. The van der Waals surface area contributed by atoms with E-state index in [9.17, 15) is 17.6 Å². The molecule has 0 aliphatic carbocycles. The first-order valence-electron chi connectivity index (χ1n) is 3.16. The van der Waals surface area contributed by atoms with Gasteiger partial charge in [0.1, 0.15) is 9.39 Å². The van der Waals surface area contributed by atoms with Crippen molar-refractivity contribution in [2.24, 2.45) is 0 Å². The molecule has 0 amide bonds. The highest BCUT2D eigenvalue weighted by atomic mass is 127. The minimum atomic E-state index is -4.96. The number of alkyl halides is 3. The number of hydrogen-bond acceptors (Lipinski definition) is 3. The van der Waals surface area contributed by atoms with Crippen molar-refractivity contribution in [1.29, 1.82) is 0 Å². The first kappa shape index (κ1) is 11.3. The van der Waals surface area contributed by atoms with Crippen molar-refractivity contribution in [3.63, 3.8) is 0 Å². The maximum Gasteiger partial charge on any atom is 0.573 e. The van der Waals surface area contributed by atoms with Gasteiger partial charge in [0.15, 0.2) is 11.6 Å². The Balaban J connectivity index is 3.06. The summed E-state index contributed by atoms with van der Waals surface area (Å²) in [6, 6.07) is 0. The third-order valence-electron chi connectivity index (χ3n) is 1.20. The van der Waals surface area contributed by atoms with Crippen molar-refractivity contribution >= 4 is 28.3 Å². The molecule has 0 radical (unpaired) electrons. The second-order valence-corrected chi connectivity index (χ2v) is 3.21. The van der Waals surface area contributed by atoms with E-state index in [0.29, 0.717) is 6.20 Å². The summed E-state index contributed by atoms with van der Waals surface area (Å²) in [5.74, 6) is -2.29. The molecule has 78 valence electrons. The molecule has 0 saturated heterocycles. The fraction of sp³-hybridized carbons (Fsp3) is 0.167. The van der Waals surface area contributed by atoms with E-state index in [0.717, 1.165) is 0 Å². The number of pyridine rings is 1. The maximum atomic E-state index is 13.0. The third kappa shape index (κ3) is 2.59. The van der Waals surface area contributed by atoms with Gasteiger partial charge < -0.3 is 10.5 Å². The monoisotopic (exact) mass is 322 g/mol. The molecule has 0 spiro atoms. The fourth-order valence-electron chi connectivity index (χ4n) is 0.661. The molecule has 0 atom stereocenters. The number of nitrogen functional groups attached to an aromatic ring is 1. The molecule has 0 aliphatic heterocycles. The lowest BCUT2D eigenvalue weighted by Crippen LogP contribution is -2.18. The van der Waals surface area contributed by atoms with Crippen LogP contribution in [0.5, 0.6) is 5.75 Å². The normalized spacial score (nSPS) is 11.5. The minimum Gasteiger partial charge on any atom is -0.401 e. The van der Waals surface area contributed by atoms with Crippen molar-refractivity contribution in [1.82, 2.24) is 4.98 Å². The van der Waals surface area contributed by atoms with Gasteiger partial charge in [0.25, 0.3) is 0 Å². The van der Waals surface area contributed by atoms with Crippen LogP contribution in [0.1, 0.15) is 0 Å². The number of nitrogens with zero attached hydrogens (tertiary/aromatic N) is 1. The van der Waals surface area contributed by atoms with Crippen LogP contribution in [-0.2, 0) is 0 Å². The van der Waals surface area contributed by atoms with E-state index in [-0.39, 0.29) is 3.70 Å². The Morgan fingerprint density at radius 2 is 2.00 bits per heavy atom. The molecular weight excluding hydrogens is 319 g/mol. The van der Waals surface area contributed by atoms with Gasteiger partial charge in [-0.2, -0.15) is 0 Å². The summed E-state index contributed by atoms with van der Waals surface area (Å²) in [7, 11) is 0. The lowest BCUT2D eigenvalue weighted by atomic mass is 10.4. The van der Waals surface area contributed by atoms with Crippen molar-refractivity contribution in [3.05, 3.63) is 15.7 Å². The minimum absolute atomic E-state index is 0.0784. The first-order chi connectivity index (χ1) is 6.31. The number of rotatable bonds is 1. The van der Waals surface area contributed by atoms with Crippen LogP contribution in [0.25, 0.3) is 0 Å². The number of aromatic nitrogens is 1. The quantitative estimate of drug-likeness (QED) is 0.490. The Bertz CT molecular complexity index is 354. The number of ether oxygens (including phenoxy) is 1. The molecule has 1 heterocycles. The van der Waals surface area contributed by atoms with Gasteiger partial charge in [0, 0.05) is 0 Å².